The number of nitrogens with one attached hydrogen (secondary N) is 1. The van der Waals surface area contributed by atoms with E-state index in [1.165, 1.54) is 25.0 Å². The highest BCUT2D eigenvalue weighted by atomic mass is 32.2. The van der Waals surface area contributed by atoms with Crippen LogP contribution < -0.4 is 5.32 Å². The highest BCUT2D eigenvalue weighted by molar-refractivity contribution is 8.00. The fourth-order valence-electron chi connectivity index (χ4n) is 2.28. The van der Waals surface area contributed by atoms with Gasteiger partial charge in [-0.3, -0.25) is 0 Å². The van der Waals surface area contributed by atoms with E-state index in [4.69, 9.17) is 0 Å². The Balaban J connectivity index is 1.75. The van der Waals surface area contributed by atoms with Crippen LogP contribution in [0.3, 0.4) is 0 Å². The fraction of sp³-hybridized carbons (Fsp3) is 1.00. The SMILES string of the molecule is CCC1(C)CC1NC1CSC(C)C1. The van der Waals surface area contributed by atoms with Crippen molar-refractivity contribution in [3.63, 3.8) is 0 Å². The maximum atomic E-state index is 3.80. The van der Waals surface area contributed by atoms with Crippen LogP contribution in [0, 0.1) is 5.41 Å². The maximum Gasteiger partial charge on any atom is 0.0171 e. The molecule has 76 valence electrons. The van der Waals surface area contributed by atoms with E-state index >= 15 is 0 Å². The van der Waals surface area contributed by atoms with Gasteiger partial charge >= 0.3 is 0 Å². The Kier molecular flexibility index (Phi) is 2.63. The fourth-order valence-corrected chi connectivity index (χ4v) is 3.44. The van der Waals surface area contributed by atoms with Gasteiger partial charge in [0.2, 0.25) is 0 Å². The average molecular weight is 199 g/mol. The van der Waals surface area contributed by atoms with E-state index in [1.807, 2.05) is 0 Å². The van der Waals surface area contributed by atoms with Crippen LogP contribution >= 0.6 is 11.8 Å². The highest BCUT2D eigenvalue weighted by Crippen LogP contribution is 2.49. The summed E-state index contributed by atoms with van der Waals surface area (Å²) < 4.78 is 0. The highest BCUT2D eigenvalue weighted by Gasteiger charge is 2.49. The molecule has 1 N–H and O–H groups in total. The first-order chi connectivity index (χ1) is 6.14. The first-order valence-electron chi connectivity index (χ1n) is 5.51. The van der Waals surface area contributed by atoms with Crippen LogP contribution in [0.25, 0.3) is 0 Å². The van der Waals surface area contributed by atoms with Crippen molar-refractivity contribution in [1.29, 1.82) is 0 Å². The zero-order chi connectivity index (χ0) is 9.47. The van der Waals surface area contributed by atoms with Crippen LogP contribution in [0.2, 0.25) is 0 Å². The van der Waals surface area contributed by atoms with Crippen LogP contribution in [0.15, 0.2) is 0 Å². The van der Waals surface area contributed by atoms with E-state index < -0.39 is 0 Å². The van der Waals surface area contributed by atoms with Crippen LogP contribution in [0.4, 0.5) is 0 Å². The average Bonchev–Trinajstić information content (AvgIpc) is 2.53. The normalized spacial score (nSPS) is 49.6. The maximum absolute atomic E-state index is 3.80. The third-order valence-electron chi connectivity index (χ3n) is 3.79. The van der Waals surface area contributed by atoms with Gasteiger partial charge in [0.1, 0.15) is 0 Å². The molecule has 2 aliphatic rings. The lowest BCUT2D eigenvalue weighted by atomic mass is 10.1. The van der Waals surface area contributed by atoms with Gasteiger partial charge in [-0.15, -0.1) is 0 Å². The second-order valence-electron chi connectivity index (χ2n) is 5.01. The van der Waals surface area contributed by atoms with Gasteiger partial charge in [-0.1, -0.05) is 20.8 Å². The molecule has 1 heterocycles. The molecule has 2 fully saturated rings. The van der Waals surface area contributed by atoms with E-state index in [0.717, 1.165) is 17.3 Å². The molecule has 13 heavy (non-hydrogen) atoms. The second kappa shape index (κ2) is 3.47. The quantitative estimate of drug-likeness (QED) is 0.750. The molecule has 4 unspecified atom stereocenters. The summed E-state index contributed by atoms with van der Waals surface area (Å²) in [5, 5.41) is 4.68. The largest absolute Gasteiger partial charge is 0.310 e. The summed E-state index contributed by atoms with van der Waals surface area (Å²) in [4.78, 5) is 0. The van der Waals surface area contributed by atoms with Crippen molar-refractivity contribution in [3.8, 4) is 0 Å². The Morgan fingerprint density at radius 3 is 2.77 bits per heavy atom. The molecule has 0 amide bonds. The van der Waals surface area contributed by atoms with Crippen molar-refractivity contribution in [3.05, 3.63) is 0 Å². The van der Waals surface area contributed by atoms with Crippen LogP contribution in [0.5, 0.6) is 0 Å². The molecular formula is C11H21NS. The molecule has 2 rings (SSSR count). The molecule has 4 atom stereocenters. The van der Waals surface area contributed by atoms with E-state index in [1.54, 1.807) is 0 Å². The molecule has 0 bridgehead atoms. The zero-order valence-electron chi connectivity index (χ0n) is 8.97. The van der Waals surface area contributed by atoms with E-state index in [0.29, 0.717) is 5.41 Å². The third-order valence-corrected chi connectivity index (χ3v) is 5.15. The smallest absolute Gasteiger partial charge is 0.0171 e. The summed E-state index contributed by atoms with van der Waals surface area (Å²) in [5.74, 6) is 1.33. The summed E-state index contributed by atoms with van der Waals surface area (Å²) in [6, 6.07) is 1.63. The second-order valence-corrected chi connectivity index (χ2v) is 6.48. The van der Waals surface area contributed by atoms with Crippen molar-refractivity contribution >= 4 is 11.8 Å². The Labute approximate surface area is 86.0 Å². The lowest BCUT2D eigenvalue weighted by Gasteiger charge is -2.14. The predicted molar refractivity (Wildman–Crippen MR) is 60.3 cm³/mol. The molecule has 0 spiro atoms. The molecule has 0 aromatic carbocycles. The van der Waals surface area contributed by atoms with Gasteiger partial charge < -0.3 is 5.32 Å². The minimum Gasteiger partial charge on any atom is -0.310 e. The molecular weight excluding hydrogens is 178 g/mol. The molecule has 1 saturated heterocycles. The molecule has 1 aliphatic heterocycles. The van der Waals surface area contributed by atoms with E-state index in [-0.39, 0.29) is 0 Å². The molecule has 0 aromatic heterocycles. The molecule has 1 saturated carbocycles. The van der Waals surface area contributed by atoms with Crippen molar-refractivity contribution < 1.29 is 0 Å². The number of hydrogen-bond donors (Lipinski definition) is 1. The minimum atomic E-state index is 0.635. The van der Waals surface area contributed by atoms with Crippen molar-refractivity contribution in [2.45, 2.75) is 57.4 Å². The first kappa shape index (κ1) is 9.85. The van der Waals surface area contributed by atoms with Crippen LogP contribution in [-0.4, -0.2) is 23.1 Å². The summed E-state index contributed by atoms with van der Waals surface area (Å²) in [6.45, 7) is 7.07. The molecule has 0 radical (unpaired) electrons. The monoisotopic (exact) mass is 199 g/mol. The minimum absolute atomic E-state index is 0.635. The topological polar surface area (TPSA) is 12.0 Å². The van der Waals surface area contributed by atoms with Crippen molar-refractivity contribution in [1.82, 2.24) is 5.32 Å². The standard InChI is InChI=1S/C11H21NS/c1-4-11(3)6-10(11)12-9-5-8(2)13-7-9/h8-10,12H,4-7H2,1-3H3. The summed E-state index contributed by atoms with van der Waals surface area (Å²) in [6.07, 6.45) is 4.11. The lowest BCUT2D eigenvalue weighted by Crippen LogP contribution is -2.33. The van der Waals surface area contributed by atoms with Gasteiger partial charge in [-0.25, -0.2) is 0 Å². The molecule has 1 aliphatic carbocycles. The number of hydrogen-bond acceptors (Lipinski definition) is 2. The summed E-state index contributed by atoms with van der Waals surface area (Å²) in [7, 11) is 0. The van der Waals surface area contributed by atoms with Gasteiger partial charge in [0.15, 0.2) is 0 Å². The number of thioether (sulfide) groups is 1. The predicted octanol–water partition coefficient (Wildman–Crippen LogP) is 2.66. The Hall–Kier alpha value is 0.310. The van der Waals surface area contributed by atoms with E-state index in [2.05, 4.69) is 37.8 Å². The van der Waals surface area contributed by atoms with Crippen molar-refractivity contribution in [2.24, 2.45) is 5.41 Å². The van der Waals surface area contributed by atoms with Gasteiger partial charge in [0.25, 0.3) is 0 Å². The van der Waals surface area contributed by atoms with Crippen molar-refractivity contribution in [2.75, 3.05) is 5.75 Å². The van der Waals surface area contributed by atoms with Crippen LogP contribution in [-0.2, 0) is 0 Å². The Bertz CT molecular complexity index is 193. The zero-order valence-corrected chi connectivity index (χ0v) is 9.79. The third kappa shape index (κ3) is 2.04. The van der Waals surface area contributed by atoms with E-state index in [9.17, 15) is 0 Å². The lowest BCUT2D eigenvalue weighted by molar-refractivity contribution is 0.442. The Morgan fingerprint density at radius 1 is 1.54 bits per heavy atom. The van der Waals surface area contributed by atoms with Gasteiger partial charge in [0.05, 0.1) is 0 Å². The molecule has 0 aromatic rings. The first-order valence-corrected chi connectivity index (χ1v) is 6.56. The van der Waals surface area contributed by atoms with Crippen LogP contribution in [0.1, 0.15) is 40.0 Å². The summed E-state index contributed by atoms with van der Waals surface area (Å²) >= 11 is 2.12. The van der Waals surface area contributed by atoms with Gasteiger partial charge in [-0.05, 0) is 24.7 Å². The van der Waals surface area contributed by atoms with Gasteiger partial charge in [0, 0.05) is 23.1 Å². The van der Waals surface area contributed by atoms with Gasteiger partial charge in [-0.2, -0.15) is 11.8 Å². The Morgan fingerprint density at radius 2 is 2.31 bits per heavy atom. The summed E-state index contributed by atoms with van der Waals surface area (Å²) in [5.41, 5.74) is 0.635. The molecule has 2 heteroatoms. The number of rotatable bonds is 3. The molecule has 1 nitrogen and oxygen atoms in total.